The number of imidazole rings is 1. The Morgan fingerprint density at radius 1 is 1.03 bits per heavy atom. The number of rotatable bonds is 7. The molecule has 2 heterocycles. The average molecular weight is 491 g/mol. The molecule has 0 saturated carbocycles. The van der Waals surface area contributed by atoms with Crippen molar-refractivity contribution < 1.29 is 24.2 Å². The second kappa shape index (κ2) is 11.4. The number of fused-ring (bicyclic) bond motifs is 1. The Balaban J connectivity index is 0.000000249. The van der Waals surface area contributed by atoms with Crippen molar-refractivity contribution in [3.8, 4) is 11.5 Å². The van der Waals surface area contributed by atoms with Crippen LogP contribution in [0.4, 0.5) is 5.69 Å². The number of aromatic nitrogens is 2. The highest BCUT2D eigenvalue weighted by atomic mass is 16.5. The minimum atomic E-state index is -0.964. The maximum atomic E-state index is 12.4. The summed E-state index contributed by atoms with van der Waals surface area (Å²) in [6, 6.07) is 18.1. The normalized spacial score (nSPS) is 10.8. The van der Waals surface area contributed by atoms with Gasteiger partial charge in [-0.05, 0) is 48.0 Å². The number of benzene rings is 2. The zero-order valence-electron chi connectivity index (χ0n) is 20.7. The number of aromatic carboxylic acids is 1. The van der Waals surface area contributed by atoms with Gasteiger partial charge in [0.1, 0.15) is 5.65 Å². The summed E-state index contributed by atoms with van der Waals surface area (Å²) in [6.07, 6.45) is 3.02. The van der Waals surface area contributed by atoms with Crippen molar-refractivity contribution in [1.29, 1.82) is 0 Å². The number of carboxylic acids is 1. The van der Waals surface area contributed by atoms with E-state index in [0.29, 0.717) is 29.3 Å². The Kier molecular flexibility index (Phi) is 8.29. The van der Waals surface area contributed by atoms with Gasteiger partial charge in [0.2, 0.25) is 0 Å². The van der Waals surface area contributed by atoms with Gasteiger partial charge in [0.25, 0.3) is 5.91 Å². The van der Waals surface area contributed by atoms with Crippen molar-refractivity contribution in [3.63, 3.8) is 0 Å². The number of amides is 1. The SMILES string of the molecule is COc1ccc(C(=O)Nc2ccc(C(C)(C)CN)cc2)cc1OC.O=C(O)c1cnc2ccccn12. The Morgan fingerprint density at radius 3 is 2.33 bits per heavy atom. The monoisotopic (exact) mass is 490 g/mol. The van der Waals surface area contributed by atoms with Crippen LogP contribution in [0.1, 0.15) is 40.3 Å². The molecule has 0 unspecified atom stereocenters. The van der Waals surface area contributed by atoms with Gasteiger partial charge in [0, 0.05) is 29.4 Å². The lowest BCUT2D eigenvalue weighted by atomic mass is 9.85. The number of carbonyl (C=O) groups is 2. The van der Waals surface area contributed by atoms with Crippen molar-refractivity contribution >= 4 is 23.2 Å². The molecule has 0 spiro atoms. The molecule has 1 amide bonds. The van der Waals surface area contributed by atoms with Crippen LogP contribution in [0, 0.1) is 0 Å². The average Bonchev–Trinajstić information content (AvgIpc) is 3.33. The van der Waals surface area contributed by atoms with Crippen LogP contribution in [0.2, 0.25) is 0 Å². The van der Waals surface area contributed by atoms with E-state index in [9.17, 15) is 9.59 Å². The number of nitrogens with zero attached hydrogens (tertiary/aromatic N) is 2. The molecule has 4 N–H and O–H groups in total. The summed E-state index contributed by atoms with van der Waals surface area (Å²) in [5, 5.41) is 11.6. The zero-order valence-corrected chi connectivity index (χ0v) is 20.7. The molecule has 188 valence electrons. The van der Waals surface area contributed by atoms with Gasteiger partial charge in [-0.3, -0.25) is 9.20 Å². The first-order valence-corrected chi connectivity index (χ1v) is 11.2. The third-order valence-corrected chi connectivity index (χ3v) is 5.72. The highest BCUT2D eigenvalue weighted by Crippen LogP contribution is 2.28. The molecule has 9 heteroatoms. The number of carbonyl (C=O) groups excluding carboxylic acids is 1. The molecular weight excluding hydrogens is 460 g/mol. The van der Waals surface area contributed by atoms with Gasteiger partial charge in [-0.15, -0.1) is 0 Å². The molecule has 0 aliphatic heterocycles. The van der Waals surface area contributed by atoms with Gasteiger partial charge in [0.05, 0.1) is 20.4 Å². The lowest BCUT2D eigenvalue weighted by Crippen LogP contribution is -2.27. The summed E-state index contributed by atoms with van der Waals surface area (Å²) in [4.78, 5) is 26.9. The maximum Gasteiger partial charge on any atom is 0.354 e. The molecule has 2 aromatic carbocycles. The second-order valence-corrected chi connectivity index (χ2v) is 8.57. The number of hydrogen-bond acceptors (Lipinski definition) is 6. The van der Waals surface area contributed by atoms with E-state index in [1.165, 1.54) is 17.7 Å². The summed E-state index contributed by atoms with van der Waals surface area (Å²) in [6.45, 7) is 4.73. The molecule has 36 heavy (non-hydrogen) atoms. The molecule has 0 atom stereocenters. The summed E-state index contributed by atoms with van der Waals surface area (Å²) in [5.41, 5.74) is 8.90. The van der Waals surface area contributed by atoms with Crippen molar-refractivity contribution in [2.45, 2.75) is 19.3 Å². The van der Waals surface area contributed by atoms with Crippen LogP contribution >= 0.6 is 0 Å². The highest BCUT2D eigenvalue weighted by molar-refractivity contribution is 6.04. The fraction of sp³-hybridized carbons (Fsp3) is 0.222. The van der Waals surface area contributed by atoms with E-state index in [1.807, 2.05) is 30.3 Å². The van der Waals surface area contributed by atoms with E-state index >= 15 is 0 Å². The Morgan fingerprint density at radius 2 is 1.72 bits per heavy atom. The van der Waals surface area contributed by atoms with Gasteiger partial charge in [-0.25, -0.2) is 9.78 Å². The van der Waals surface area contributed by atoms with Crippen LogP contribution in [0.15, 0.2) is 73.1 Å². The quantitative estimate of drug-likeness (QED) is 0.354. The smallest absolute Gasteiger partial charge is 0.354 e. The van der Waals surface area contributed by atoms with Crippen LogP contribution in [-0.4, -0.2) is 47.1 Å². The van der Waals surface area contributed by atoms with Crippen LogP contribution in [0.3, 0.4) is 0 Å². The Labute approximate surface area is 209 Å². The summed E-state index contributed by atoms with van der Waals surface area (Å²) in [5.74, 6) is -0.0666. The molecule has 9 nitrogen and oxygen atoms in total. The molecule has 0 aliphatic carbocycles. The summed E-state index contributed by atoms with van der Waals surface area (Å²) in [7, 11) is 3.10. The van der Waals surface area contributed by atoms with Crippen LogP contribution in [0.25, 0.3) is 5.65 Å². The van der Waals surface area contributed by atoms with Gasteiger partial charge in [0.15, 0.2) is 17.2 Å². The van der Waals surface area contributed by atoms with E-state index in [4.69, 9.17) is 20.3 Å². The molecule has 0 fully saturated rings. The first kappa shape index (κ1) is 26.2. The minimum absolute atomic E-state index is 0.0914. The van der Waals surface area contributed by atoms with E-state index in [-0.39, 0.29) is 17.0 Å². The maximum absolute atomic E-state index is 12.4. The number of ether oxygens (including phenoxy) is 2. The lowest BCUT2D eigenvalue weighted by Gasteiger charge is -2.23. The van der Waals surface area contributed by atoms with Crippen LogP contribution in [-0.2, 0) is 5.41 Å². The van der Waals surface area contributed by atoms with Gasteiger partial charge >= 0.3 is 5.97 Å². The fourth-order valence-corrected chi connectivity index (χ4v) is 3.39. The van der Waals surface area contributed by atoms with Gasteiger partial charge in [-0.1, -0.05) is 32.0 Å². The molecule has 0 bridgehead atoms. The van der Waals surface area contributed by atoms with Gasteiger partial charge in [-0.2, -0.15) is 0 Å². The van der Waals surface area contributed by atoms with Crippen molar-refractivity contribution in [2.24, 2.45) is 5.73 Å². The lowest BCUT2D eigenvalue weighted by molar-refractivity contribution is 0.0689. The van der Waals surface area contributed by atoms with E-state index < -0.39 is 5.97 Å². The van der Waals surface area contributed by atoms with E-state index in [0.717, 1.165) is 11.3 Å². The highest BCUT2D eigenvalue weighted by Gasteiger charge is 2.18. The van der Waals surface area contributed by atoms with Crippen molar-refractivity contribution in [3.05, 3.63) is 89.9 Å². The first-order valence-electron chi connectivity index (χ1n) is 11.2. The predicted octanol–water partition coefficient (Wildman–Crippen LogP) is 4.22. The molecule has 4 aromatic rings. The van der Waals surface area contributed by atoms with Crippen LogP contribution < -0.4 is 20.5 Å². The van der Waals surface area contributed by atoms with E-state index in [2.05, 4.69) is 24.1 Å². The zero-order chi connectivity index (χ0) is 26.3. The van der Waals surface area contributed by atoms with Crippen LogP contribution in [0.5, 0.6) is 11.5 Å². The molecule has 2 aromatic heterocycles. The van der Waals surface area contributed by atoms with E-state index in [1.54, 1.807) is 43.6 Å². The molecular formula is C27H30N4O5. The van der Waals surface area contributed by atoms with Gasteiger partial charge < -0.3 is 25.6 Å². The third kappa shape index (κ3) is 6.00. The Hall–Kier alpha value is -4.37. The molecule has 0 saturated heterocycles. The molecule has 0 aliphatic rings. The van der Waals surface area contributed by atoms with Crippen molar-refractivity contribution in [2.75, 3.05) is 26.1 Å². The number of nitrogens with one attached hydrogen (secondary N) is 1. The third-order valence-electron chi connectivity index (χ3n) is 5.72. The summed E-state index contributed by atoms with van der Waals surface area (Å²) < 4.78 is 11.9. The molecule has 4 rings (SSSR count). The largest absolute Gasteiger partial charge is 0.493 e. The van der Waals surface area contributed by atoms with Crippen molar-refractivity contribution in [1.82, 2.24) is 9.38 Å². The topological polar surface area (TPSA) is 128 Å². The molecule has 0 radical (unpaired) electrons. The number of methoxy groups -OCH3 is 2. The Bertz CT molecular complexity index is 1350. The number of hydrogen-bond donors (Lipinski definition) is 3. The standard InChI is InChI=1S/C19H24N2O3.C8H6N2O2/c1-19(2,12-20)14-6-8-15(9-7-14)21-18(22)13-5-10-16(23-3)17(11-13)24-4;11-8(12)6-5-9-7-3-1-2-4-10(6)7/h5-11H,12,20H2,1-4H3,(H,21,22);1-5H,(H,11,12). The number of anilines is 1. The number of carboxylic acid groups (broad SMARTS) is 1. The number of nitrogens with two attached hydrogens (primary N) is 1. The second-order valence-electron chi connectivity index (χ2n) is 8.57. The fourth-order valence-electron chi connectivity index (χ4n) is 3.39. The number of pyridine rings is 1. The first-order chi connectivity index (χ1) is 17.2. The summed E-state index contributed by atoms with van der Waals surface area (Å²) >= 11 is 0. The predicted molar refractivity (Wildman–Crippen MR) is 138 cm³/mol. The minimum Gasteiger partial charge on any atom is -0.493 e.